The second kappa shape index (κ2) is 16.9. The number of piperazine rings is 1. The van der Waals surface area contributed by atoms with E-state index in [1.165, 1.54) is 22.3 Å². The topological polar surface area (TPSA) is 55.7 Å². The SMILES string of the molecule is CCc1nc2c(C)cc(C)nc2n1Cc1ccc(C=CCN2CCN(Cc3ccc(OC)c(OC)c3)CC2)cc1.Cl.Cl.Cl. The first-order chi connectivity index (χ1) is 19.5. The third kappa shape index (κ3) is 8.87. The molecule has 1 aliphatic heterocycles. The van der Waals surface area contributed by atoms with Crippen molar-refractivity contribution < 1.29 is 9.47 Å². The van der Waals surface area contributed by atoms with Crippen molar-refractivity contribution >= 4 is 54.5 Å². The minimum atomic E-state index is 0. The van der Waals surface area contributed by atoms with E-state index in [0.29, 0.717) is 0 Å². The molecule has 0 radical (unpaired) electrons. The fourth-order valence-corrected chi connectivity index (χ4v) is 5.51. The Morgan fingerprint density at radius 1 is 0.767 bits per heavy atom. The number of halogens is 3. The molecule has 4 aromatic rings. The molecular formula is C33H44Cl3N5O2. The summed E-state index contributed by atoms with van der Waals surface area (Å²) in [5.41, 5.74) is 7.97. The summed E-state index contributed by atoms with van der Waals surface area (Å²) in [5, 5.41) is 0. The Morgan fingerprint density at radius 3 is 2.07 bits per heavy atom. The first-order valence-corrected chi connectivity index (χ1v) is 14.2. The van der Waals surface area contributed by atoms with Crippen LogP contribution in [0.25, 0.3) is 17.2 Å². The van der Waals surface area contributed by atoms with E-state index in [4.69, 9.17) is 19.4 Å². The predicted octanol–water partition coefficient (Wildman–Crippen LogP) is 6.77. The molecule has 0 unspecified atom stereocenters. The van der Waals surface area contributed by atoms with Crippen molar-refractivity contribution in [1.82, 2.24) is 24.3 Å². The van der Waals surface area contributed by atoms with Crippen LogP contribution in [0.4, 0.5) is 0 Å². The van der Waals surface area contributed by atoms with Gasteiger partial charge in [0.15, 0.2) is 17.1 Å². The standard InChI is InChI=1S/C33H41N5O2.3ClH/c1-6-31-35-32-24(2)20-25(3)34-33(32)38(31)23-27-11-9-26(10-12-27)8-7-15-36-16-18-37(19-17-36)22-28-13-14-29(39-4)30(21-28)40-5;;;/h7-14,20-21H,6,15-19,22-23H2,1-5H3;3*1H. The third-order valence-corrected chi connectivity index (χ3v) is 7.73. The highest BCUT2D eigenvalue weighted by Gasteiger charge is 2.17. The monoisotopic (exact) mass is 647 g/mol. The van der Waals surface area contributed by atoms with Crippen molar-refractivity contribution in [3.05, 3.63) is 88.4 Å². The molecule has 5 rings (SSSR count). The first-order valence-electron chi connectivity index (χ1n) is 14.2. The van der Waals surface area contributed by atoms with E-state index >= 15 is 0 Å². The molecule has 1 aliphatic rings. The van der Waals surface area contributed by atoms with E-state index in [2.05, 4.69) is 89.8 Å². The Labute approximate surface area is 274 Å². The Kier molecular flexibility index (Phi) is 14.3. The highest BCUT2D eigenvalue weighted by molar-refractivity contribution is 5.86. The number of ether oxygens (including phenoxy) is 2. The Hall–Kier alpha value is -2.81. The van der Waals surface area contributed by atoms with E-state index in [1.807, 2.05) is 6.07 Å². The summed E-state index contributed by atoms with van der Waals surface area (Å²) in [4.78, 5) is 14.7. The zero-order valence-corrected chi connectivity index (χ0v) is 28.2. The van der Waals surface area contributed by atoms with Gasteiger partial charge in [-0.1, -0.05) is 49.4 Å². The van der Waals surface area contributed by atoms with Crippen LogP contribution in [0.5, 0.6) is 11.5 Å². The molecule has 0 atom stereocenters. The fraction of sp³-hybridized carbons (Fsp3) is 0.394. The Balaban J connectivity index is 0.00000215. The van der Waals surface area contributed by atoms with Gasteiger partial charge in [-0.2, -0.15) is 0 Å². The van der Waals surface area contributed by atoms with Gasteiger partial charge in [0.25, 0.3) is 0 Å². The number of methoxy groups -OCH3 is 2. The highest BCUT2D eigenvalue weighted by atomic mass is 35.5. The number of imidazole rings is 1. The summed E-state index contributed by atoms with van der Waals surface area (Å²) in [7, 11) is 3.36. The number of hydrogen-bond donors (Lipinski definition) is 0. The van der Waals surface area contributed by atoms with Crippen LogP contribution >= 0.6 is 37.2 Å². The van der Waals surface area contributed by atoms with Crippen LogP contribution in [-0.4, -0.2) is 71.3 Å². The van der Waals surface area contributed by atoms with Gasteiger partial charge in [0.1, 0.15) is 11.3 Å². The average Bonchev–Trinajstić information content (AvgIpc) is 3.32. The lowest BCUT2D eigenvalue weighted by molar-refractivity contribution is 0.137. The molecule has 43 heavy (non-hydrogen) atoms. The summed E-state index contributed by atoms with van der Waals surface area (Å²) < 4.78 is 13.1. The van der Waals surface area contributed by atoms with Gasteiger partial charge in [-0.15, -0.1) is 37.2 Å². The largest absolute Gasteiger partial charge is 0.493 e. The molecule has 1 fully saturated rings. The zero-order valence-electron chi connectivity index (χ0n) is 25.7. The van der Waals surface area contributed by atoms with Crippen LogP contribution < -0.4 is 9.47 Å². The van der Waals surface area contributed by atoms with Crippen LogP contribution in [0, 0.1) is 13.8 Å². The molecule has 0 saturated carbocycles. The quantitative estimate of drug-likeness (QED) is 0.189. The zero-order chi connectivity index (χ0) is 28.1. The summed E-state index contributed by atoms with van der Waals surface area (Å²) in [5.74, 6) is 2.65. The van der Waals surface area contributed by atoms with E-state index in [9.17, 15) is 0 Å². The van der Waals surface area contributed by atoms with Gasteiger partial charge in [0.05, 0.1) is 20.8 Å². The summed E-state index contributed by atoms with van der Waals surface area (Å²) in [6.45, 7) is 13.3. The van der Waals surface area contributed by atoms with Gasteiger partial charge < -0.3 is 14.0 Å². The molecule has 234 valence electrons. The number of nitrogens with zero attached hydrogens (tertiary/aromatic N) is 5. The highest BCUT2D eigenvalue weighted by Crippen LogP contribution is 2.28. The minimum absolute atomic E-state index is 0. The molecular weight excluding hydrogens is 605 g/mol. The summed E-state index contributed by atoms with van der Waals surface area (Å²) >= 11 is 0. The molecule has 0 aliphatic carbocycles. The minimum Gasteiger partial charge on any atom is -0.493 e. The molecule has 0 N–H and O–H groups in total. The molecule has 2 aromatic carbocycles. The first kappa shape index (κ1) is 36.4. The fourth-order valence-electron chi connectivity index (χ4n) is 5.51. The maximum Gasteiger partial charge on any atom is 0.161 e. The Morgan fingerprint density at radius 2 is 1.42 bits per heavy atom. The number of pyridine rings is 1. The molecule has 2 aromatic heterocycles. The Bertz CT molecular complexity index is 1480. The second-order valence-corrected chi connectivity index (χ2v) is 10.6. The molecule has 0 bridgehead atoms. The van der Waals surface area contributed by atoms with Crippen molar-refractivity contribution in [1.29, 1.82) is 0 Å². The summed E-state index contributed by atoms with van der Waals surface area (Å²) in [6, 6.07) is 17.2. The van der Waals surface area contributed by atoms with E-state index in [1.54, 1.807) is 14.2 Å². The maximum atomic E-state index is 5.46. The average molecular weight is 649 g/mol. The van der Waals surface area contributed by atoms with Crippen LogP contribution in [0.15, 0.2) is 54.6 Å². The van der Waals surface area contributed by atoms with Crippen molar-refractivity contribution in [2.24, 2.45) is 0 Å². The number of benzene rings is 2. The maximum absolute atomic E-state index is 5.46. The normalized spacial score (nSPS) is 13.8. The lowest BCUT2D eigenvalue weighted by Crippen LogP contribution is -2.45. The summed E-state index contributed by atoms with van der Waals surface area (Å²) in [6.07, 6.45) is 5.41. The van der Waals surface area contributed by atoms with E-state index < -0.39 is 0 Å². The molecule has 0 amide bonds. The van der Waals surface area contributed by atoms with Gasteiger partial charge in [-0.05, 0) is 54.3 Å². The van der Waals surface area contributed by atoms with Gasteiger partial charge in [-0.25, -0.2) is 9.97 Å². The molecule has 1 saturated heterocycles. The van der Waals surface area contributed by atoms with Crippen molar-refractivity contribution in [2.45, 2.75) is 40.3 Å². The lowest BCUT2D eigenvalue weighted by Gasteiger charge is -2.34. The van der Waals surface area contributed by atoms with Crippen LogP contribution in [0.3, 0.4) is 0 Å². The number of aromatic nitrogens is 3. The second-order valence-electron chi connectivity index (χ2n) is 10.6. The number of fused-ring (bicyclic) bond motifs is 1. The molecule has 3 heterocycles. The van der Waals surface area contributed by atoms with Crippen molar-refractivity contribution in [3.63, 3.8) is 0 Å². The molecule has 0 spiro atoms. The van der Waals surface area contributed by atoms with Crippen molar-refractivity contribution in [2.75, 3.05) is 46.9 Å². The number of hydrogen-bond acceptors (Lipinski definition) is 6. The van der Waals surface area contributed by atoms with Crippen LogP contribution in [0.2, 0.25) is 0 Å². The third-order valence-electron chi connectivity index (χ3n) is 7.73. The molecule has 7 nitrogen and oxygen atoms in total. The van der Waals surface area contributed by atoms with Crippen LogP contribution in [0.1, 0.15) is 40.7 Å². The van der Waals surface area contributed by atoms with Gasteiger partial charge in [0, 0.05) is 51.4 Å². The molecule has 10 heteroatoms. The van der Waals surface area contributed by atoms with E-state index in [-0.39, 0.29) is 37.2 Å². The van der Waals surface area contributed by atoms with Crippen LogP contribution in [-0.2, 0) is 19.5 Å². The van der Waals surface area contributed by atoms with Crippen molar-refractivity contribution in [3.8, 4) is 11.5 Å². The lowest BCUT2D eigenvalue weighted by atomic mass is 10.1. The van der Waals surface area contributed by atoms with E-state index in [0.717, 1.165) is 86.4 Å². The number of aryl methyl sites for hydroxylation is 3. The smallest absolute Gasteiger partial charge is 0.161 e. The number of rotatable bonds is 10. The predicted molar refractivity (Wildman–Crippen MR) is 184 cm³/mol. The van der Waals surface area contributed by atoms with Gasteiger partial charge >= 0.3 is 0 Å². The van der Waals surface area contributed by atoms with Gasteiger partial charge in [0.2, 0.25) is 0 Å². The van der Waals surface area contributed by atoms with Gasteiger partial charge in [-0.3, -0.25) is 9.80 Å².